The van der Waals surface area contributed by atoms with Crippen LogP contribution in [-0.2, 0) is 10.2 Å². The van der Waals surface area contributed by atoms with Gasteiger partial charge in [-0.05, 0) is 5.56 Å². The van der Waals surface area contributed by atoms with Crippen LogP contribution >= 0.6 is 23.2 Å². The van der Waals surface area contributed by atoms with Crippen LogP contribution in [0.5, 0.6) is 0 Å². The zero-order valence-corrected chi connectivity index (χ0v) is 8.35. The summed E-state index contributed by atoms with van der Waals surface area (Å²) in [5, 5.41) is 0. The molecule has 0 spiro atoms. The molecule has 1 fully saturated rings. The topological polar surface area (TPSA) is 17.1 Å². The van der Waals surface area contributed by atoms with Crippen LogP contribution in [0.3, 0.4) is 0 Å². The summed E-state index contributed by atoms with van der Waals surface area (Å²) in [5.41, 5.74) is 0.229. The number of aldehydes is 1. The van der Waals surface area contributed by atoms with Gasteiger partial charge < -0.3 is 4.79 Å². The first-order chi connectivity index (χ1) is 6.12. The molecule has 1 aliphatic carbocycles. The van der Waals surface area contributed by atoms with Gasteiger partial charge in [-0.25, -0.2) is 0 Å². The van der Waals surface area contributed by atoms with Crippen LogP contribution in [0.4, 0.5) is 0 Å². The monoisotopic (exact) mass is 214 g/mol. The molecular weight excluding hydrogens is 207 g/mol. The second-order valence-electron chi connectivity index (χ2n) is 3.34. The van der Waals surface area contributed by atoms with Crippen LogP contribution in [0.2, 0.25) is 0 Å². The highest BCUT2D eigenvalue weighted by Crippen LogP contribution is 2.63. The third kappa shape index (κ3) is 1.18. The van der Waals surface area contributed by atoms with E-state index in [0.717, 1.165) is 11.8 Å². The van der Waals surface area contributed by atoms with Crippen LogP contribution in [0, 0.1) is 0 Å². The average molecular weight is 215 g/mol. The molecule has 2 rings (SSSR count). The number of halogens is 2. The van der Waals surface area contributed by atoms with E-state index < -0.39 is 9.75 Å². The lowest BCUT2D eigenvalue weighted by molar-refractivity contribution is -0.109. The van der Waals surface area contributed by atoms with Crippen molar-refractivity contribution in [2.75, 3.05) is 0 Å². The molecule has 0 unspecified atom stereocenters. The third-order valence-corrected chi connectivity index (χ3v) is 3.46. The van der Waals surface area contributed by atoms with Crippen LogP contribution < -0.4 is 0 Å². The number of hydrogen-bond donors (Lipinski definition) is 0. The highest BCUT2D eigenvalue weighted by atomic mass is 35.5. The summed E-state index contributed by atoms with van der Waals surface area (Å²) >= 11 is 11.9. The Morgan fingerprint density at radius 3 is 2.15 bits per heavy atom. The predicted octanol–water partition coefficient (Wildman–Crippen LogP) is 2.70. The fourth-order valence-corrected chi connectivity index (χ4v) is 2.28. The Bertz CT molecular complexity index is 334. The Kier molecular flexibility index (Phi) is 1.90. The first-order valence-electron chi connectivity index (χ1n) is 4.02. The first kappa shape index (κ1) is 9.04. The molecule has 1 nitrogen and oxygen atoms in total. The number of hydrogen-bond acceptors (Lipinski definition) is 1. The highest BCUT2D eigenvalue weighted by Gasteiger charge is 2.67. The van der Waals surface area contributed by atoms with Gasteiger partial charge >= 0.3 is 0 Å². The maximum Gasteiger partial charge on any atom is 0.136 e. The largest absolute Gasteiger partial charge is 0.302 e. The Balaban J connectivity index is 2.42. The minimum atomic E-state index is -0.907. The van der Waals surface area contributed by atoms with Crippen molar-refractivity contribution in [3.05, 3.63) is 35.9 Å². The maximum absolute atomic E-state index is 10.9. The summed E-state index contributed by atoms with van der Waals surface area (Å²) in [7, 11) is 0. The molecule has 1 aromatic carbocycles. The average Bonchev–Trinajstić information content (AvgIpc) is 2.72. The number of benzene rings is 1. The number of carbonyl (C=O) groups excluding carboxylic acids is 1. The standard InChI is InChI=1S/C10H8Cl2O/c11-10(12)6-9(10,7-13)8-4-2-1-3-5-8/h1-5,7H,6H2/t9-/m1/s1. The van der Waals surface area contributed by atoms with E-state index in [0.29, 0.717) is 6.42 Å². The quantitative estimate of drug-likeness (QED) is 0.547. The van der Waals surface area contributed by atoms with Gasteiger partial charge in [-0.2, -0.15) is 0 Å². The van der Waals surface area contributed by atoms with E-state index in [4.69, 9.17) is 23.2 Å². The van der Waals surface area contributed by atoms with Gasteiger partial charge in [0.05, 0.1) is 5.41 Å². The van der Waals surface area contributed by atoms with E-state index in [1.165, 1.54) is 0 Å². The van der Waals surface area contributed by atoms with Gasteiger partial charge in [-0.15, -0.1) is 23.2 Å². The molecule has 0 aliphatic heterocycles. The van der Waals surface area contributed by atoms with Gasteiger partial charge in [0.1, 0.15) is 10.6 Å². The second-order valence-corrected chi connectivity index (χ2v) is 4.82. The van der Waals surface area contributed by atoms with Crippen molar-refractivity contribution in [1.82, 2.24) is 0 Å². The van der Waals surface area contributed by atoms with E-state index in [9.17, 15) is 4.79 Å². The second kappa shape index (κ2) is 2.73. The maximum atomic E-state index is 10.9. The van der Waals surface area contributed by atoms with E-state index >= 15 is 0 Å². The lowest BCUT2D eigenvalue weighted by Crippen LogP contribution is -2.16. The lowest BCUT2D eigenvalue weighted by Gasteiger charge is -2.09. The molecule has 1 atom stereocenters. The van der Waals surface area contributed by atoms with Crippen molar-refractivity contribution in [2.24, 2.45) is 0 Å². The van der Waals surface area contributed by atoms with E-state index in [-0.39, 0.29) is 0 Å². The molecule has 1 saturated carbocycles. The van der Waals surface area contributed by atoms with E-state index in [1.807, 2.05) is 30.3 Å². The van der Waals surface area contributed by atoms with Crippen molar-refractivity contribution < 1.29 is 4.79 Å². The fourth-order valence-electron chi connectivity index (χ4n) is 1.55. The van der Waals surface area contributed by atoms with Crippen LogP contribution in [-0.4, -0.2) is 10.6 Å². The Hall–Kier alpha value is -0.530. The molecule has 68 valence electrons. The smallest absolute Gasteiger partial charge is 0.136 e. The Morgan fingerprint density at radius 1 is 1.23 bits per heavy atom. The fraction of sp³-hybridized carbons (Fsp3) is 0.300. The van der Waals surface area contributed by atoms with Crippen LogP contribution in [0.15, 0.2) is 30.3 Å². The predicted molar refractivity (Wildman–Crippen MR) is 53.2 cm³/mol. The minimum absolute atomic E-state index is 0.511. The van der Waals surface area contributed by atoms with Crippen LogP contribution in [0.25, 0.3) is 0 Å². The molecule has 1 aliphatic rings. The number of alkyl halides is 2. The van der Waals surface area contributed by atoms with Crippen molar-refractivity contribution in [1.29, 1.82) is 0 Å². The Labute approximate surface area is 86.7 Å². The van der Waals surface area contributed by atoms with Crippen molar-refractivity contribution in [2.45, 2.75) is 16.2 Å². The third-order valence-electron chi connectivity index (χ3n) is 2.52. The molecule has 0 aromatic heterocycles. The summed E-state index contributed by atoms with van der Waals surface area (Å²) < 4.78 is -0.907. The molecular formula is C10H8Cl2O. The van der Waals surface area contributed by atoms with Gasteiger partial charge in [0, 0.05) is 6.42 Å². The molecule has 3 heteroatoms. The van der Waals surface area contributed by atoms with Crippen LogP contribution in [0.1, 0.15) is 12.0 Å². The summed E-state index contributed by atoms with van der Waals surface area (Å²) in [6.45, 7) is 0. The van der Waals surface area contributed by atoms with Gasteiger partial charge in [-0.3, -0.25) is 0 Å². The van der Waals surface area contributed by atoms with E-state index in [2.05, 4.69) is 0 Å². The summed E-state index contributed by atoms with van der Waals surface area (Å²) in [5.74, 6) is 0. The molecule has 1 aromatic rings. The number of carbonyl (C=O) groups is 1. The lowest BCUT2D eigenvalue weighted by atomic mass is 9.98. The summed E-state index contributed by atoms with van der Waals surface area (Å²) in [6.07, 6.45) is 1.36. The number of rotatable bonds is 2. The van der Waals surface area contributed by atoms with Crippen molar-refractivity contribution in [3.63, 3.8) is 0 Å². The molecule has 0 bridgehead atoms. The molecule has 13 heavy (non-hydrogen) atoms. The van der Waals surface area contributed by atoms with Crippen molar-refractivity contribution in [3.8, 4) is 0 Å². The first-order valence-corrected chi connectivity index (χ1v) is 4.78. The van der Waals surface area contributed by atoms with E-state index in [1.54, 1.807) is 0 Å². The molecule has 0 heterocycles. The zero-order valence-electron chi connectivity index (χ0n) is 6.84. The normalized spacial score (nSPS) is 29.7. The zero-order chi connectivity index (χ0) is 9.53. The van der Waals surface area contributed by atoms with Gasteiger partial charge in [0.15, 0.2) is 0 Å². The molecule has 0 saturated heterocycles. The molecule has 0 radical (unpaired) electrons. The molecule has 0 amide bonds. The van der Waals surface area contributed by atoms with Crippen molar-refractivity contribution >= 4 is 29.5 Å². The highest BCUT2D eigenvalue weighted by molar-refractivity contribution is 6.53. The molecule has 0 N–H and O–H groups in total. The van der Waals surface area contributed by atoms with Gasteiger partial charge in [0.2, 0.25) is 0 Å². The Morgan fingerprint density at radius 2 is 1.77 bits per heavy atom. The van der Waals surface area contributed by atoms with Gasteiger partial charge in [-0.1, -0.05) is 30.3 Å². The summed E-state index contributed by atoms with van der Waals surface area (Å²) in [6, 6.07) is 9.40. The van der Waals surface area contributed by atoms with Gasteiger partial charge in [0.25, 0.3) is 0 Å². The summed E-state index contributed by atoms with van der Waals surface area (Å²) in [4.78, 5) is 10.9. The minimum Gasteiger partial charge on any atom is -0.302 e. The SMILES string of the molecule is O=C[C@@]1(c2ccccc2)CC1(Cl)Cl.